The number of anilines is 1. The zero-order valence-corrected chi connectivity index (χ0v) is 12.3. The lowest BCUT2D eigenvalue weighted by Crippen LogP contribution is -2.41. The van der Waals surface area contributed by atoms with E-state index in [9.17, 15) is 0 Å². The molecule has 0 aliphatic carbocycles. The fourth-order valence-corrected chi connectivity index (χ4v) is 3.61. The van der Waals surface area contributed by atoms with E-state index in [1.807, 2.05) is 42.1 Å². The molecule has 3 N–H and O–H groups in total. The molecule has 104 valence electrons. The molecule has 5 heteroatoms. The molecule has 1 aromatic heterocycles. The van der Waals surface area contributed by atoms with Crippen LogP contribution in [0.15, 0.2) is 30.3 Å². The molecule has 0 saturated carbocycles. The highest BCUT2D eigenvalue weighted by atomic mass is 32.2. The zero-order valence-electron chi connectivity index (χ0n) is 11.5. The molecule has 0 spiro atoms. The number of nitrogens with zero attached hydrogens (tertiary/aromatic N) is 2. The molecule has 2 heterocycles. The third-order valence-electron chi connectivity index (χ3n) is 3.65. The molecule has 1 fully saturated rings. The van der Waals surface area contributed by atoms with Crippen molar-refractivity contribution in [1.29, 1.82) is 5.41 Å². The number of para-hydroxylation sites is 1. The normalized spacial score (nSPS) is 19.2. The minimum absolute atomic E-state index is 0.101. The van der Waals surface area contributed by atoms with Gasteiger partial charge in [-0.1, -0.05) is 18.2 Å². The first-order chi connectivity index (χ1) is 9.66. The van der Waals surface area contributed by atoms with E-state index < -0.39 is 0 Å². The molecule has 2 aromatic rings. The largest absolute Gasteiger partial charge is 0.384 e. The number of benzene rings is 1. The van der Waals surface area contributed by atoms with Crippen LogP contribution in [-0.4, -0.2) is 34.9 Å². The smallest absolute Gasteiger partial charge is 0.130 e. The van der Waals surface area contributed by atoms with Gasteiger partial charge in [-0.2, -0.15) is 11.8 Å². The minimum Gasteiger partial charge on any atom is -0.384 e. The molecule has 1 aliphatic rings. The number of hydrogen-bond donors (Lipinski definition) is 2. The summed E-state index contributed by atoms with van der Waals surface area (Å²) < 4.78 is 0. The van der Waals surface area contributed by atoms with E-state index >= 15 is 0 Å². The average molecular weight is 286 g/mol. The fourth-order valence-electron chi connectivity index (χ4n) is 2.60. The number of hydrogen-bond acceptors (Lipinski definition) is 4. The van der Waals surface area contributed by atoms with E-state index in [4.69, 9.17) is 16.1 Å². The molecule has 1 aliphatic heterocycles. The Morgan fingerprint density at radius 1 is 1.45 bits per heavy atom. The van der Waals surface area contributed by atoms with Gasteiger partial charge in [-0.25, -0.2) is 4.98 Å². The predicted molar refractivity (Wildman–Crippen MR) is 86.9 cm³/mol. The van der Waals surface area contributed by atoms with Crippen LogP contribution in [0.2, 0.25) is 0 Å². The van der Waals surface area contributed by atoms with Crippen molar-refractivity contribution < 1.29 is 0 Å². The van der Waals surface area contributed by atoms with Crippen molar-refractivity contribution >= 4 is 34.3 Å². The second-order valence-electron chi connectivity index (χ2n) is 5.08. The van der Waals surface area contributed by atoms with Crippen LogP contribution in [0.1, 0.15) is 12.5 Å². The maximum Gasteiger partial charge on any atom is 0.130 e. The van der Waals surface area contributed by atoms with Crippen molar-refractivity contribution in [3.8, 4) is 0 Å². The molecule has 1 aromatic carbocycles. The van der Waals surface area contributed by atoms with Gasteiger partial charge < -0.3 is 10.6 Å². The van der Waals surface area contributed by atoms with Gasteiger partial charge in [0.05, 0.1) is 5.52 Å². The van der Waals surface area contributed by atoms with Crippen molar-refractivity contribution in [2.75, 3.05) is 23.0 Å². The van der Waals surface area contributed by atoms with Gasteiger partial charge in [0.2, 0.25) is 0 Å². The van der Waals surface area contributed by atoms with Crippen molar-refractivity contribution in [2.45, 2.75) is 13.0 Å². The van der Waals surface area contributed by atoms with Crippen molar-refractivity contribution in [3.05, 3.63) is 35.9 Å². The molecular weight excluding hydrogens is 268 g/mol. The summed E-state index contributed by atoms with van der Waals surface area (Å²) in [6.07, 6.45) is 0. The van der Waals surface area contributed by atoms with Crippen LogP contribution in [0.25, 0.3) is 10.9 Å². The summed E-state index contributed by atoms with van der Waals surface area (Å²) in [7, 11) is 0. The number of fused-ring (bicyclic) bond motifs is 1. The lowest BCUT2D eigenvalue weighted by molar-refractivity contribution is 0.691. The first-order valence-electron chi connectivity index (χ1n) is 6.75. The quantitative estimate of drug-likeness (QED) is 0.657. The van der Waals surface area contributed by atoms with E-state index in [0.29, 0.717) is 6.04 Å². The number of thioether (sulfide) groups is 1. The molecule has 1 atom stereocenters. The topological polar surface area (TPSA) is 66.0 Å². The van der Waals surface area contributed by atoms with Crippen molar-refractivity contribution in [2.24, 2.45) is 5.73 Å². The number of rotatable bonds is 2. The van der Waals surface area contributed by atoms with E-state index in [0.717, 1.165) is 40.3 Å². The van der Waals surface area contributed by atoms with Crippen LogP contribution < -0.4 is 10.6 Å². The highest BCUT2D eigenvalue weighted by Gasteiger charge is 2.21. The standard InChI is InChI=1S/C15H18N4S/c1-10-9-20-7-6-19(10)14-8-12(15(16)17)11-4-2-3-5-13(11)18-14/h2-5,8,10H,6-7,9H2,1H3,(H3,16,17). The Bertz CT molecular complexity index is 655. The second kappa shape index (κ2) is 5.32. The average Bonchev–Trinajstić information content (AvgIpc) is 2.46. The molecule has 0 bridgehead atoms. The Labute approximate surface area is 122 Å². The first kappa shape index (κ1) is 13.2. The SMILES string of the molecule is CC1CSCCN1c1cc(C(=N)N)c2ccccc2n1. The predicted octanol–water partition coefficient (Wildman–Crippen LogP) is 2.46. The Morgan fingerprint density at radius 2 is 2.25 bits per heavy atom. The summed E-state index contributed by atoms with van der Waals surface area (Å²) in [4.78, 5) is 7.07. The molecule has 0 amide bonds. The summed E-state index contributed by atoms with van der Waals surface area (Å²) in [5, 5.41) is 8.75. The number of nitrogens with one attached hydrogen (secondary N) is 1. The van der Waals surface area contributed by atoms with Gasteiger partial charge in [0.15, 0.2) is 0 Å². The third kappa shape index (κ3) is 2.33. The van der Waals surface area contributed by atoms with Gasteiger partial charge in [0, 0.05) is 35.0 Å². The molecule has 20 heavy (non-hydrogen) atoms. The summed E-state index contributed by atoms with van der Waals surface area (Å²) in [5.74, 6) is 3.27. The first-order valence-corrected chi connectivity index (χ1v) is 7.91. The Balaban J connectivity index is 2.14. The van der Waals surface area contributed by atoms with Gasteiger partial charge in [-0.3, -0.25) is 5.41 Å². The van der Waals surface area contributed by atoms with E-state index in [1.165, 1.54) is 0 Å². The summed E-state index contributed by atoms with van der Waals surface area (Å²) in [5.41, 5.74) is 7.42. The van der Waals surface area contributed by atoms with Crippen LogP contribution in [0.4, 0.5) is 5.82 Å². The molecule has 1 saturated heterocycles. The molecule has 4 nitrogen and oxygen atoms in total. The van der Waals surface area contributed by atoms with Crippen LogP contribution >= 0.6 is 11.8 Å². The van der Waals surface area contributed by atoms with Gasteiger partial charge in [-0.15, -0.1) is 0 Å². The van der Waals surface area contributed by atoms with Crippen LogP contribution in [0.3, 0.4) is 0 Å². The zero-order chi connectivity index (χ0) is 14.1. The van der Waals surface area contributed by atoms with E-state index in [1.54, 1.807) is 0 Å². The molecule has 3 rings (SSSR count). The van der Waals surface area contributed by atoms with Crippen LogP contribution in [0.5, 0.6) is 0 Å². The lowest BCUT2D eigenvalue weighted by atomic mass is 10.1. The summed E-state index contributed by atoms with van der Waals surface area (Å²) in [6.45, 7) is 3.21. The number of nitrogen functional groups attached to an aromatic ring is 1. The maximum atomic E-state index is 7.81. The number of aromatic nitrogens is 1. The van der Waals surface area contributed by atoms with Gasteiger partial charge in [0.25, 0.3) is 0 Å². The van der Waals surface area contributed by atoms with Crippen molar-refractivity contribution in [1.82, 2.24) is 4.98 Å². The van der Waals surface area contributed by atoms with Crippen LogP contribution in [0, 0.1) is 5.41 Å². The Morgan fingerprint density at radius 3 is 3.00 bits per heavy atom. The number of amidine groups is 1. The molecular formula is C15H18N4S. The second-order valence-corrected chi connectivity index (χ2v) is 6.23. The van der Waals surface area contributed by atoms with E-state index in [2.05, 4.69) is 11.8 Å². The lowest BCUT2D eigenvalue weighted by Gasteiger charge is -2.34. The summed E-state index contributed by atoms with van der Waals surface area (Å²) >= 11 is 1.98. The third-order valence-corrected chi connectivity index (χ3v) is 4.84. The van der Waals surface area contributed by atoms with Crippen molar-refractivity contribution in [3.63, 3.8) is 0 Å². The number of pyridine rings is 1. The highest BCUT2D eigenvalue weighted by Crippen LogP contribution is 2.27. The highest BCUT2D eigenvalue weighted by molar-refractivity contribution is 7.99. The molecule has 1 unspecified atom stereocenters. The van der Waals surface area contributed by atoms with E-state index in [-0.39, 0.29) is 5.84 Å². The Hall–Kier alpha value is -1.75. The van der Waals surface area contributed by atoms with Crippen LogP contribution in [-0.2, 0) is 0 Å². The Kier molecular flexibility index (Phi) is 3.53. The summed E-state index contributed by atoms with van der Waals surface area (Å²) in [6, 6.07) is 10.3. The monoisotopic (exact) mass is 286 g/mol. The maximum absolute atomic E-state index is 7.81. The van der Waals surface area contributed by atoms with Gasteiger partial charge in [-0.05, 0) is 19.1 Å². The minimum atomic E-state index is 0.101. The number of nitrogens with two attached hydrogens (primary N) is 1. The molecule has 0 radical (unpaired) electrons. The van der Waals surface area contributed by atoms with Gasteiger partial charge in [0.1, 0.15) is 11.7 Å². The van der Waals surface area contributed by atoms with Gasteiger partial charge >= 0.3 is 0 Å². The fraction of sp³-hybridized carbons (Fsp3) is 0.333.